The number of carbonyl (C=O) groups excluding carboxylic acids is 4. The van der Waals surface area contributed by atoms with Crippen molar-refractivity contribution in [3.63, 3.8) is 0 Å². The molecule has 8 bridgehead atoms. The molecule has 0 aromatic rings. The molecule has 0 heterocycles. The van der Waals surface area contributed by atoms with Gasteiger partial charge in [-0.05, 0) is 35.8 Å². The molecule has 0 N–H and O–H groups in total. The molecule has 28 heavy (non-hydrogen) atoms. The number of Topliss-reactive ketones (excluding diaryl/α,β-unsaturated/α-hetero) is 2. The molecule has 0 amide bonds. The second kappa shape index (κ2) is 4.19. The molecule has 0 aromatic heterocycles. The van der Waals surface area contributed by atoms with Crippen molar-refractivity contribution in [3.8, 4) is 0 Å². The van der Waals surface area contributed by atoms with Crippen LogP contribution in [0.3, 0.4) is 0 Å². The number of rotatable bonds is 2. The lowest BCUT2D eigenvalue weighted by Gasteiger charge is -2.51. The normalized spacial score (nSPS) is 50.4. The minimum Gasteiger partial charge on any atom is -0.469 e. The van der Waals surface area contributed by atoms with Crippen LogP contribution in [0, 0.1) is 46.3 Å². The van der Waals surface area contributed by atoms with Crippen LogP contribution in [-0.4, -0.2) is 37.7 Å². The van der Waals surface area contributed by atoms with Gasteiger partial charge >= 0.3 is 11.9 Å². The molecule has 8 atom stereocenters. The van der Waals surface area contributed by atoms with Gasteiger partial charge in [0, 0.05) is 36.5 Å². The molecule has 0 aromatic carbocycles. The molecule has 6 nitrogen and oxygen atoms in total. The molecule has 4 saturated carbocycles. The van der Waals surface area contributed by atoms with Crippen molar-refractivity contribution in [1.82, 2.24) is 0 Å². The second-order valence-corrected chi connectivity index (χ2v) is 9.51. The minimum atomic E-state index is -1.07. The maximum Gasteiger partial charge on any atom is 0.314 e. The van der Waals surface area contributed by atoms with Crippen molar-refractivity contribution in [2.75, 3.05) is 14.2 Å². The van der Waals surface area contributed by atoms with Gasteiger partial charge in [0.1, 0.15) is 0 Å². The Labute approximate surface area is 161 Å². The van der Waals surface area contributed by atoms with Gasteiger partial charge in [0.2, 0.25) is 0 Å². The third-order valence-corrected chi connectivity index (χ3v) is 9.59. The summed E-state index contributed by atoms with van der Waals surface area (Å²) in [6.07, 6.45) is 2.27. The number of hydrogen-bond acceptors (Lipinski definition) is 6. The number of ether oxygens (including phenoxy) is 2. The van der Waals surface area contributed by atoms with Gasteiger partial charge in [0.15, 0.2) is 11.6 Å². The van der Waals surface area contributed by atoms with Crippen LogP contribution in [0.15, 0.2) is 22.3 Å². The summed E-state index contributed by atoms with van der Waals surface area (Å²) >= 11 is 0. The zero-order chi connectivity index (χ0) is 19.3. The summed E-state index contributed by atoms with van der Waals surface area (Å²) in [7, 11) is 2.74. The van der Waals surface area contributed by atoms with Crippen LogP contribution in [0.5, 0.6) is 0 Å². The number of allylic oxidation sites excluding steroid dienone is 4. The average Bonchev–Trinajstić information content (AvgIpc) is 3.49. The highest BCUT2D eigenvalue weighted by molar-refractivity contribution is 6.09. The number of carbonyl (C=O) groups is 4. The van der Waals surface area contributed by atoms with Gasteiger partial charge in [-0.2, -0.15) is 0 Å². The van der Waals surface area contributed by atoms with E-state index in [0.717, 1.165) is 22.3 Å². The molecule has 144 valence electrons. The van der Waals surface area contributed by atoms with E-state index >= 15 is 0 Å². The van der Waals surface area contributed by atoms with E-state index in [2.05, 4.69) is 0 Å². The van der Waals surface area contributed by atoms with Gasteiger partial charge < -0.3 is 9.47 Å². The largest absolute Gasteiger partial charge is 0.469 e. The molecule has 0 unspecified atom stereocenters. The van der Waals surface area contributed by atoms with Gasteiger partial charge in [-0.3, -0.25) is 19.2 Å². The van der Waals surface area contributed by atoms with Crippen LogP contribution in [0.4, 0.5) is 0 Å². The number of hydrogen-bond donors (Lipinski definition) is 0. The van der Waals surface area contributed by atoms with Crippen molar-refractivity contribution >= 4 is 23.5 Å². The molecular weight excluding hydrogens is 360 g/mol. The molecule has 6 heteroatoms. The molecule has 8 aliphatic rings. The Bertz CT molecular complexity index is 950. The van der Waals surface area contributed by atoms with E-state index in [0.29, 0.717) is 25.7 Å². The van der Waals surface area contributed by atoms with Gasteiger partial charge in [0.25, 0.3) is 0 Å². The summed E-state index contributed by atoms with van der Waals surface area (Å²) in [6.45, 7) is 0. The average molecular weight is 380 g/mol. The summed E-state index contributed by atoms with van der Waals surface area (Å²) in [5.74, 6) is -1.14. The Morgan fingerprint density at radius 2 is 1.11 bits per heavy atom. The first-order chi connectivity index (χ1) is 13.5. The van der Waals surface area contributed by atoms with Crippen LogP contribution >= 0.6 is 0 Å². The Morgan fingerprint density at radius 3 is 1.46 bits per heavy atom. The van der Waals surface area contributed by atoms with Crippen LogP contribution < -0.4 is 0 Å². The summed E-state index contributed by atoms with van der Waals surface area (Å²) in [5, 5.41) is 0. The van der Waals surface area contributed by atoms with Gasteiger partial charge in [-0.15, -0.1) is 0 Å². The summed E-state index contributed by atoms with van der Waals surface area (Å²) in [5.41, 5.74) is 1.65. The predicted molar refractivity (Wildman–Crippen MR) is 92.4 cm³/mol. The van der Waals surface area contributed by atoms with E-state index in [1.165, 1.54) is 14.2 Å². The highest BCUT2D eigenvalue weighted by Crippen LogP contribution is 2.95. The molecule has 0 aliphatic heterocycles. The van der Waals surface area contributed by atoms with Crippen LogP contribution in [0.2, 0.25) is 0 Å². The lowest BCUT2D eigenvalue weighted by molar-refractivity contribution is -0.184. The highest BCUT2D eigenvalue weighted by atomic mass is 16.5. The summed E-state index contributed by atoms with van der Waals surface area (Å²) < 4.78 is 10.7. The molecule has 0 spiro atoms. The third kappa shape index (κ3) is 1.04. The first-order valence-corrected chi connectivity index (χ1v) is 10.2. The number of esters is 2. The fourth-order valence-corrected chi connectivity index (χ4v) is 9.73. The highest BCUT2D eigenvalue weighted by Gasteiger charge is 2.98. The summed E-state index contributed by atoms with van der Waals surface area (Å²) in [4.78, 5) is 52.6. The first-order valence-electron chi connectivity index (χ1n) is 10.2. The lowest BCUT2D eigenvalue weighted by Crippen LogP contribution is -2.61. The standard InChI is InChI=1S/C22H20O6/c1-27-19(25)21-15-7-3-5-10(24)12(7)18-13(15)14-16(22(18,21)20(26)28-2)8-4-6-9(23)11(8)17(14)21/h13-18H,3-6H2,1-2H3/t13-,14-,15-,16+,17+,18-,21+,22-/m0/s1. The second-order valence-electron chi connectivity index (χ2n) is 9.51. The smallest absolute Gasteiger partial charge is 0.314 e. The van der Waals surface area contributed by atoms with E-state index in [1.807, 2.05) is 0 Å². The van der Waals surface area contributed by atoms with Crippen molar-refractivity contribution in [2.45, 2.75) is 25.7 Å². The topological polar surface area (TPSA) is 86.7 Å². The Kier molecular flexibility index (Phi) is 2.34. The zero-order valence-electron chi connectivity index (χ0n) is 15.7. The number of ketones is 2. The van der Waals surface area contributed by atoms with E-state index in [9.17, 15) is 19.2 Å². The number of methoxy groups -OCH3 is 2. The van der Waals surface area contributed by atoms with Crippen molar-refractivity contribution < 1.29 is 28.7 Å². The van der Waals surface area contributed by atoms with Gasteiger partial charge in [0.05, 0.1) is 25.0 Å². The Balaban J connectivity index is 1.60. The summed E-state index contributed by atoms with van der Waals surface area (Å²) in [6, 6.07) is 0. The quantitative estimate of drug-likeness (QED) is 0.673. The molecule has 8 rings (SSSR count). The molecule has 8 aliphatic carbocycles. The van der Waals surface area contributed by atoms with E-state index < -0.39 is 10.8 Å². The zero-order valence-corrected chi connectivity index (χ0v) is 15.7. The van der Waals surface area contributed by atoms with E-state index in [-0.39, 0.29) is 59.0 Å². The Hall–Kier alpha value is -2.24. The monoisotopic (exact) mass is 380 g/mol. The predicted octanol–water partition coefficient (Wildman–Crippen LogP) is 1.39. The maximum absolute atomic E-state index is 13.5. The Morgan fingerprint density at radius 1 is 0.714 bits per heavy atom. The molecule has 0 saturated heterocycles. The van der Waals surface area contributed by atoms with Crippen LogP contribution in [0.25, 0.3) is 0 Å². The van der Waals surface area contributed by atoms with E-state index in [4.69, 9.17) is 9.47 Å². The van der Waals surface area contributed by atoms with Crippen molar-refractivity contribution in [3.05, 3.63) is 22.3 Å². The van der Waals surface area contributed by atoms with Crippen molar-refractivity contribution in [2.24, 2.45) is 46.3 Å². The van der Waals surface area contributed by atoms with Crippen molar-refractivity contribution in [1.29, 1.82) is 0 Å². The fourth-order valence-electron chi connectivity index (χ4n) is 9.73. The van der Waals surface area contributed by atoms with Crippen LogP contribution in [0.1, 0.15) is 25.7 Å². The SMILES string of the molecule is COC(=O)[C@]12[C@@H]3C4=C(CCC4=O)[C@@H]4[C@@H]3[C@H]3[C@@H]1C1=C(C(=O)CC1)[C@@H]3[C@]42C(=O)OC. The van der Waals surface area contributed by atoms with Gasteiger partial charge in [-0.1, -0.05) is 11.1 Å². The molecular formula is C22H20O6. The molecule has 0 radical (unpaired) electrons. The fraction of sp³-hybridized carbons (Fsp3) is 0.636. The van der Waals surface area contributed by atoms with E-state index in [1.54, 1.807) is 0 Å². The van der Waals surface area contributed by atoms with Crippen LogP contribution in [-0.2, 0) is 28.7 Å². The maximum atomic E-state index is 13.5. The molecule has 4 fully saturated rings. The minimum absolute atomic E-state index is 0.0841. The van der Waals surface area contributed by atoms with Gasteiger partial charge in [-0.25, -0.2) is 0 Å². The third-order valence-electron chi connectivity index (χ3n) is 9.59. The first kappa shape index (κ1) is 15.7. The lowest BCUT2D eigenvalue weighted by atomic mass is 9.48.